The second-order valence-electron chi connectivity index (χ2n) is 11.5. The molecule has 3 aliphatic carbocycles. The number of fused-ring (bicyclic) bond motifs is 2. The third-order valence-electron chi connectivity index (χ3n) is 8.74. The van der Waals surface area contributed by atoms with Gasteiger partial charge in [-0.1, -0.05) is 26.7 Å². The highest BCUT2D eigenvalue weighted by Crippen LogP contribution is 2.53. The zero-order valence-corrected chi connectivity index (χ0v) is 20.3. The summed E-state index contributed by atoms with van der Waals surface area (Å²) in [4.78, 5) is 27.3. The van der Waals surface area contributed by atoms with Gasteiger partial charge in [-0.15, -0.1) is 0 Å². The molecule has 1 aromatic rings. The van der Waals surface area contributed by atoms with Gasteiger partial charge in [-0.25, -0.2) is 0 Å². The van der Waals surface area contributed by atoms with Gasteiger partial charge >= 0.3 is 0 Å². The van der Waals surface area contributed by atoms with Crippen LogP contribution < -0.4 is 10.1 Å². The van der Waals surface area contributed by atoms with Gasteiger partial charge in [-0.3, -0.25) is 9.59 Å². The van der Waals surface area contributed by atoms with Gasteiger partial charge in [0.15, 0.2) is 0 Å². The SMILES string of the molecule is CC(C)CC(=O)N1CCC(Oc2ccc(C(=O)NC3C4CCCC5CC3CC5C4)cc2)CC1. The largest absolute Gasteiger partial charge is 0.490 e. The van der Waals surface area contributed by atoms with Gasteiger partial charge in [0.1, 0.15) is 11.9 Å². The predicted molar refractivity (Wildman–Crippen MR) is 129 cm³/mol. The van der Waals surface area contributed by atoms with E-state index in [1.54, 1.807) is 0 Å². The number of rotatable bonds is 6. The van der Waals surface area contributed by atoms with Gasteiger partial charge in [0.25, 0.3) is 5.91 Å². The van der Waals surface area contributed by atoms with Gasteiger partial charge in [0.05, 0.1) is 0 Å². The van der Waals surface area contributed by atoms with E-state index in [2.05, 4.69) is 19.2 Å². The molecule has 0 spiro atoms. The minimum absolute atomic E-state index is 0.0657. The minimum Gasteiger partial charge on any atom is -0.490 e. The van der Waals surface area contributed by atoms with Crippen molar-refractivity contribution >= 4 is 11.8 Å². The van der Waals surface area contributed by atoms with Crippen molar-refractivity contribution in [2.75, 3.05) is 13.1 Å². The fourth-order valence-electron chi connectivity index (χ4n) is 7.10. The maximum atomic E-state index is 13.0. The minimum atomic E-state index is 0.0657. The Kier molecular flexibility index (Phi) is 6.67. The van der Waals surface area contributed by atoms with E-state index in [0.29, 0.717) is 30.2 Å². The molecule has 5 atom stereocenters. The summed E-state index contributed by atoms with van der Waals surface area (Å²) in [5.74, 6) is 4.73. The number of hydrogen-bond acceptors (Lipinski definition) is 3. The molecule has 1 heterocycles. The molecule has 1 saturated heterocycles. The fraction of sp³-hybridized carbons (Fsp3) is 0.714. The van der Waals surface area contributed by atoms with Crippen LogP contribution in [0.3, 0.4) is 0 Å². The van der Waals surface area contributed by atoms with Crippen LogP contribution in [-0.2, 0) is 4.79 Å². The number of amides is 2. The van der Waals surface area contributed by atoms with Crippen molar-refractivity contribution in [3.63, 3.8) is 0 Å². The molecule has 5 unspecified atom stereocenters. The average Bonchev–Trinajstić information content (AvgIpc) is 3.04. The monoisotopic (exact) mass is 452 g/mol. The Hall–Kier alpha value is -2.04. The number of piperidine rings is 1. The zero-order chi connectivity index (χ0) is 22.9. The Bertz CT molecular complexity index is 843. The van der Waals surface area contributed by atoms with Crippen LogP contribution in [0.1, 0.15) is 82.0 Å². The van der Waals surface area contributed by atoms with Crippen LogP contribution in [-0.4, -0.2) is 41.9 Å². The zero-order valence-electron chi connectivity index (χ0n) is 20.3. The van der Waals surface area contributed by atoms with E-state index in [4.69, 9.17) is 4.74 Å². The first-order chi connectivity index (χ1) is 16.0. The number of nitrogens with one attached hydrogen (secondary N) is 1. The maximum Gasteiger partial charge on any atom is 0.251 e. The van der Waals surface area contributed by atoms with Gasteiger partial charge in [-0.05, 0) is 79.5 Å². The van der Waals surface area contributed by atoms with Crippen molar-refractivity contribution in [1.29, 1.82) is 0 Å². The van der Waals surface area contributed by atoms with E-state index in [9.17, 15) is 9.59 Å². The van der Waals surface area contributed by atoms with Gasteiger partial charge < -0.3 is 15.0 Å². The molecule has 0 radical (unpaired) electrons. The van der Waals surface area contributed by atoms with Crippen LogP contribution >= 0.6 is 0 Å². The van der Waals surface area contributed by atoms with Crippen molar-refractivity contribution < 1.29 is 14.3 Å². The predicted octanol–water partition coefficient (Wildman–Crippen LogP) is 5.05. The van der Waals surface area contributed by atoms with Crippen molar-refractivity contribution in [3.05, 3.63) is 29.8 Å². The second-order valence-corrected chi connectivity index (χ2v) is 11.5. The molecule has 180 valence electrons. The summed E-state index contributed by atoms with van der Waals surface area (Å²) in [5.41, 5.74) is 0.726. The van der Waals surface area contributed by atoms with Crippen LogP contribution in [0.4, 0.5) is 0 Å². The highest BCUT2D eigenvalue weighted by atomic mass is 16.5. The van der Waals surface area contributed by atoms with E-state index in [1.807, 2.05) is 29.2 Å². The highest BCUT2D eigenvalue weighted by molar-refractivity contribution is 5.94. The lowest BCUT2D eigenvalue weighted by Crippen LogP contribution is -2.47. The number of hydrogen-bond donors (Lipinski definition) is 1. The number of carbonyl (C=O) groups excluding carboxylic acids is 2. The summed E-state index contributed by atoms with van der Waals surface area (Å²) in [6, 6.07) is 8.01. The first-order valence-corrected chi connectivity index (χ1v) is 13.3. The third-order valence-corrected chi connectivity index (χ3v) is 8.74. The summed E-state index contributed by atoms with van der Waals surface area (Å²) in [7, 11) is 0. The number of benzene rings is 1. The Labute approximate surface area is 198 Å². The lowest BCUT2D eigenvalue weighted by Gasteiger charge is -2.37. The summed E-state index contributed by atoms with van der Waals surface area (Å²) in [6.45, 7) is 5.70. The molecular weight excluding hydrogens is 412 g/mol. The molecule has 5 heteroatoms. The maximum absolute atomic E-state index is 13.0. The molecule has 1 N–H and O–H groups in total. The van der Waals surface area contributed by atoms with E-state index >= 15 is 0 Å². The molecule has 1 aliphatic heterocycles. The molecule has 5 nitrogen and oxygen atoms in total. The summed E-state index contributed by atoms with van der Waals surface area (Å²) < 4.78 is 6.17. The Morgan fingerprint density at radius 2 is 1.61 bits per heavy atom. The Morgan fingerprint density at radius 1 is 0.939 bits per heavy atom. The number of nitrogens with zero attached hydrogens (tertiary/aromatic N) is 1. The van der Waals surface area contributed by atoms with Crippen LogP contribution in [0.15, 0.2) is 24.3 Å². The van der Waals surface area contributed by atoms with Gasteiger partial charge in [0, 0.05) is 44.0 Å². The summed E-state index contributed by atoms with van der Waals surface area (Å²) in [5, 5.41) is 3.43. The van der Waals surface area contributed by atoms with Crippen LogP contribution in [0.2, 0.25) is 0 Å². The lowest BCUT2D eigenvalue weighted by molar-refractivity contribution is -0.133. The highest BCUT2D eigenvalue weighted by Gasteiger charge is 2.48. The van der Waals surface area contributed by atoms with E-state index in [-0.39, 0.29) is 17.9 Å². The fourth-order valence-corrected chi connectivity index (χ4v) is 7.10. The second kappa shape index (κ2) is 9.68. The van der Waals surface area contributed by atoms with Crippen molar-refractivity contribution in [3.8, 4) is 5.75 Å². The molecule has 1 aromatic carbocycles. The molecule has 3 bridgehead atoms. The molecule has 5 rings (SSSR count). The Morgan fingerprint density at radius 3 is 2.33 bits per heavy atom. The topological polar surface area (TPSA) is 58.6 Å². The molecule has 4 aliphatic rings. The van der Waals surface area contributed by atoms with E-state index < -0.39 is 0 Å². The molecule has 3 saturated carbocycles. The summed E-state index contributed by atoms with van der Waals surface area (Å²) >= 11 is 0. The molecule has 0 aromatic heterocycles. The van der Waals surface area contributed by atoms with Crippen molar-refractivity contribution in [2.24, 2.45) is 29.6 Å². The standard InChI is InChI=1S/C28H40N2O3/c1-18(2)14-26(31)30-12-10-25(11-13-30)33-24-8-6-19(7-9-24)28(32)29-27-21-5-3-4-20-15-23(27)17-22(20)16-21/h6-9,18,20-23,25,27H,3-5,10-17H2,1-2H3,(H,29,32). The average molecular weight is 453 g/mol. The molecule has 2 amide bonds. The third kappa shape index (κ3) is 5.07. The van der Waals surface area contributed by atoms with Crippen LogP contribution in [0.5, 0.6) is 5.75 Å². The molecule has 33 heavy (non-hydrogen) atoms. The number of carbonyl (C=O) groups is 2. The van der Waals surface area contributed by atoms with E-state index in [0.717, 1.165) is 49.1 Å². The van der Waals surface area contributed by atoms with Gasteiger partial charge in [0.2, 0.25) is 5.91 Å². The van der Waals surface area contributed by atoms with Crippen LogP contribution in [0.25, 0.3) is 0 Å². The first-order valence-electron chi connectivity index (χ1n) is 13.3. The quantitative estimate of drug-likeness (QED) is 0.657. The first kappa shape index (κ1) is 22.7. The van der Waals surface area contributed by atoms with Gasteiger partial charge in [-0.2, -0.15) is 0 Å². The number of ether oxygens (including phenoxy) is 1. The molecule has 4 fully saturated rings. The van der Waals surface area contributed by atoms with Crippen molar-refractivity contribution in [1.82, 2.24) is 10.2 Å². The van der Waals surface area contributed by atoms with Crippen LogP contribution in [0, 0.1) is 29.6 Å². The number of likely N-dealkylation sites (tertiary alicyclic amines) is 1. The van der Waals surface area contributed by atoms with Crippen molar-refractivity contribution in [2.45, 2.75) is 83.8 Å². The lowest BCUT2D eigenvalue weighted by atomic mass is 9.75. The molecular formula is C28H40N2O3. The Balaban J connectivity index is 1.12. The summed E-state index contributed by atoms with van der Waals surface area (Å²) in [6.07, 6.45) is 10.5. The van der Waals surface area contributed by atoms with E-state index in [1.165, 1.54) is 38.5 Å². The smallest absolute Gasteiger partial charge is 0.251 e. The normalized spacial score (nSPS) is 31.5.